The second-order valence-corrected chi connectivity index (χ2v) is 6.10. The Labute approximate surface area is 123 Å². The van der Waals surface area contributed by atoms with Crippen LogP contribution >= 0.6 is 0 Å². The van der Waals surface area contributed by atoms with Gasteiger partial charge >= 0.3 is 0 Å². The van der Waals surface area contributed by atoms with Gasteiger partial charge in [0.2, 0.25) is 0 Å². The number of aromatic amines is 1. The molecule has 2 rings (SSSR count). The van der Waals surface area contributed by atoms with Crippen LogP contribution in [0.5, 0.6) is 5.75 Å². The van der Waals surface area contributed by atoms with E-state index >= 15 is 0 Å². The first kappa shape index (κ1) is 15.3. The Kier molecular flexibility index (Phi) is 4.81. The summed E-state index contributed by atoms with van der Waals surface area (Å²) < 4.78 is 32.5. The van der Waals surface area contributed by atoms with Gasteiger partial charge in [-0.25, -0.2) is 8.42 Å². The fraction of sp³-hybridized carbons (Fsp3) is 0.308. The van der Waals surface area contributed by atoms with Crippen LogP contribution in [0.15, 0.2) is 35.5 Å². The second kappa shape index (κ2) is 6.59. The van der Waals surface area contributed by atoms with Gasteiger partial charge in [-0.1, -0.05) is 6.92 Å². The van der Waals surface area contributed by atoms with Crippen molar-refractivity contribution >= 4 is 15.7 Å². The van der Waals surface area contributed by atoms with E-state index in [9.17, 15) is 8.42 Å². The number of hydrogen-bond donors (Lipinski definition) is 3. The maximum absolute atomic E-state index is 12.3. The average molecular weight is 310 g/mol. The lowest BCUT2D eigenvalue weighted by molar-refractivity contribution is 0.314. The Balaban J connectivity index is 2.27. The lowest BCUT2D eigenvalue weighted by Crippen LogP contribution is -2.13. The molecule has 0 spiro atoms. The van der Waals surface area contributed by atoms with Gasteiger partial charge in [0.1, 0.15) is 5.75 Å². The Morgan fingerprint density at radius 2 is 2.24 bits per heavy atom. The van der Waals surface area contributed by atoms with Crippen molar-refractivity contribution in [3.05, 3.63) is 36.2 Å². The molecule has 0 fully saturated rings. The Bertz CT molecular complexity index is 683. The first-order valence-electron chi connectivity index (χ1n) is 6.54. The highest BCUT2D eigenvalue weighted by atomic mass is 32.2. The third-order valence-electron chi connectivity index (χ3n) is 2.77. The number of nitrogens with zero attached hydrogens (tertiary/aromatic N) is 1. The van der Waals surface area contributed by atoms with Gasteiger partial charge in [-0.2, -0.15) is 5.10 Å². The van der Waals surface area contributed by atoms with Gasteiger partial charge in [0, 0.05) is 18.3 Å². The van der Waals surface area contributed by atoms with Crippen LogP contribution in [-0.4, -0.2) is 25.2 Å². The molecule has 1 aromatic carbocycles. The summed E-state index contributed by atoms with van der Waals surface area (Å²) in [5, 5.41) is 6.23. The lowest BCUT2D eigenvalue weighted by Gasteiger charge is -2.12. The molecular weight excluding hydrogens is 292 g/mol. The number of H-pyrrole nitrogens is 1. The molecule has 0 bridgehead atoms. The molecule has 0 aliphatic carbocycles. The number of hydrogen-bond acceptors (Lipinski definition) is 5. The molecule has 0 amide bonds. The van der Waals surface area contributed by atoms with Gasteiger partial charge in [0.25, 0.3) is 10.0 Å². The van der Waals surface area contributed by atoms with E-state index in [1.165, 1.54) is 24.5 Å². The smallest absolute Gasteiger partial charge is 0.262 e. The van der Waals surface area contributed by atoms with Crippen molar-refractivity contribution in [2.24, 2.45) is 5.73 Å². The van der Waals surface area contributed by atoms with E-state index in [-0.39, 0.29) is 11.4 Å². The molecule has 0 radical (unpaired) electrons. The van der Waals surface area contributed by atoms with Crippen LogP contribution in [0.3, 0.4) is 0 Å². The fourth-order valence-electron chi connectivity index (χ4n) is 1.76. The van der Waals surface area contributed by atoms with Crippen LogP contribution < -0.4 is 15.2 Å². The molecule has 0 aliphatic rings. The number of nitrogens with one attached hydrogen (secondary N) is 2. The molecule has 2 aromatic rings. The van der Waals surface area contributed by atoms with E-state index in [2.05, 4.69) is 14.9 Å². The second-order valence-electron chi connectivity index (χ2n) is 4.41. The van der Waals surface area contributed by atoms with E-state index < -0.39 is 10.0 Å². The first-order valence-corrected chi connectivity index (χ1v) is 8.02. The predicted molar refractivity (Wildman–Crippen MR) is 79.5 cm³/mol. The summed E-state index contributed by atoms with van der Waals surface area (Å²) in [6, 6.07) is 4.64. The quantitative estimate of drug-likeness (QED) is 0.717. The SMILES string of the molecule is CCCOc1ccc(S(=O)(=O)Nc2cn[nH]c2)cc1CN. The van der Waals surface area contributed by atoms with E-state index in [0.29, 0.717) is 23.6 Å². The molecular formula is C13H18N4O3S. The van der Waals surface area contributed by atoms with Crippen LogP contribution in [0.1, 0.15) is 18.9 Å². The molecule has 8 heteroatoms. The van der Waals surface area contributed by atoms with E-state index in [1.54, 1.807) is 6.07 Å². The molecule has 0 saturated carbocycles. The third-order valence-corrected chi connectivity index (χ3v) is 4.15. The Morgan fingerprint density at radius 1 is 1.43 bits per heavy atom. The molecule has 0 aliphatic heterocycles. The van der Waals surface area contributed by atoms with E-state index in [0.717, 1.165) is 6.42 Å². The Morgan fingerprint density at radius 3 is 2.86 bits per heavy atom. The summed E-state index contributed by atoms with van der Waals surface area (Å²) in [5.41, 5.74) is 6.68. The highest BCUT2D eigenvalue weighted by molar-refractivity contribution is 7.92. The van der Waals surface area contributed by atoms with Gasteiger partial charge in [-0.15, -0.1) is 0 Å². The first-order chi connectivity index (χ1) is 10.1. The van der Waals surface area contributed by atoms with Crippen LogP contribution in [0.4, 0.5) is 5.69 Å². The fourth-order valence-corrected chi connectivity index (χ4v) is 2.84. The maximum atomic E-state index is 12.3. The maximum Gasteiger partial charge on any atom is 0.262 e. The molecule has 1 heterocycles. The molecule has 21 heavy (non-hydrogen) atoms. The summed E-state index contributed by atoms with van der Waals surface area (Å²) in [7, 11) is -3.67. The van der Waals surface area contributed by atoms with Crippen molar-refractivity contribution in [3.8, 4) is 5.75 Å². The minimum absolute atomic E-state index is 0.132. The summed E-state index contributed by atoms with van der Waals surface area (Å²) in [5.74, 6) is 0.613. The Hall–Kier alpha value is -2.06. The van der Waals surface area contributed by atoms with Crippen molar-refractivity contribution in [1.29, 1.82) is 0 Å². The van der Waals surface area contributed by atoms with E-state index in [4.69, 9.17) is 10.5 Å². The van der Waals surface area contributed by atoms with Crippen LogP contribution in [0, 0.1) is 0 Å². The summed E-state index contributed by atoms with van der Waals surface area (Å²) in [4.78, 5) is 0.132. The third kappa shape index (κ3) is 3.73. The molecule has 7 nitrogen and oxygen atoms in total. The zero-order chi connectivity index (χ0) is 15.3. The van der Waals surface area contributed by atoms with Crippen molar-refractivity contribution in [2.75, 3.05) is 11.3 Å². The normalized spacial score (nSPS) is 11.3. The highest BCUT2D eigenvalue weighted by Crippen LogP contribution is 2.24. The van der Waals surface area contributed by atoms with Crippen molar-refractivity contribution < 1.29 is 13.2 Å². The van der Waals surface area contributed by atoms with Crippen LogP contribution in [0.25, 0.3) is 0 Å². The minimum atomic E-state index is -3.67. The van der Waals surface area contributed by atoms with Gasteiger partial charge in [0.15, 0.2) is 0 Å². The molecule has 0 atom stereocenters. The van der Waals surface area contributed by atoms with Crippen LogP contribution in [0.2, 0.25) is 0 Å². The zero-order valence-corrected chi connectivity index (χ0v) is 12.5. The average Bonchev–Trinajstić information content (AvgIpc) is 2.97. The topological polar surface area (TPSA) is 110 Å². The molecule has 0 unspecified atom stereocenters. The predicted octanol–water partition coefficient (Wildman–Crippen LogP) is 1.46. The van der Waals surface area contributed by atoms with Gasteiger partial charge < -0.3 is 10.5 Å². The molecule has 4 N–H and O–H groups in total. The standard InChI is InChI=1S/C13H18N4O3S/c1-2-5-20-13-4-3-12(6-10(13)7-14)21(18,19)17-11-8-15-16-9-11/h3-4,6,8-9,17H,2,5,7,14H2,1H3,(H,15,16). The van der Waals surface area contributed by atoms with Crippen LogP contribution in [-0.2, 0) is 16.6 Å². The summed E-state index contributed by atoms with van der Waals surface area (Å²) in [6.07, 6.45) is 3.71. The lowest BCUT2D eigenvalue weighted by atomic mass is 10.2. The molecule has 0 saturated heterocycles. The number of ether oxygens (including phenoxy) is 1. The number of benzene rings is 1. The van der Waals surface area contributed by atoms with Crippen molar-refractivity contribution in [3.63, 3.8) is 0 Å². The largest absolute Gasteiger partial charge is 0.493 e. The number of nitrogens with two attached hydrogens (primary N) is 1. The minimum Gasteiger partial charge on any atom is -0.493 e. The van der Waals surface area contributed by atoms with Gasteiger partial charge in [0.05, 0.1) is 23.4 Å². The van der Waals surface area contributed by atoms with Crippen molar-refractivity contribution in [2.45, 2.75) is 24.8 Å². The highest BCUT2D eigenvalue weighted by Gasteiger charge is 2.17. The van der Waals surface area contributed by atoms with Crippen molar-refractivity contribution in [1.82, 2.24) is 10.2 Å². The summed E-state index contributed by atoms with van der Waals surface area (Å²) in [6.45, 7) is 2.76. The number of sulfonamides is 1. The number of aromatic nitrogens is 2. The molecule has 1 aromatic heterocycles. The summed E-state index contributed by atoms with van der Waals surface area (Å²) >= 11 is 0. The number of anilines is 1. The monoisotopic (exact) mass is 310 g/mol. The van der Waals surface area contributed by atoms with Gasteiger partial charge in [-0.3, -0.25) is 9.82 Å². The number of rotatable bonds is 7. The zero-order valence-electron chi connectivity index (χ0n) is 11.7. The molecule has 114 valence electrons. The van der Waals surface area contributed by atoms with E-state index in [1.807, 2.05) is 6.92 Å². The van der Waals surface area contributed by atoms with Gasteiger partial charge in [-0.05, 0) is 24.6 Å².